The standard InChI is InChI=1S/C26H37N3O4S/c1-3-5-14-28-24(32)22-26-12-11-19(34-26)20(23(31)27-13-4-2)21(26)25(33)29(22)18(16-30)15-17-9-7-6-8-10-17/h6-10,18-22,30H,3-5,11-16H2,1-2H3,(H,27,31)(H,28,32)/t18-,19-,20+,21+,22?,26?/m1/s1. The van der Waals surface area contributed by atoms with Gasteiger partial charge in [0.1, 0.15) is 6.04 Å². The number of thioether (sulfide) groups is 1. The molecular weight excluding hydrogens is 450 g/mol. The van der Waals surface area contributed by atoms with Crippen LogP contribution in [0.25, 0.3) is 0 Å². The van der Waals surface area contributed by atoms with Gasteiger partial charge in [-0.2, -0.15) is 0 Å². The highest BCUT2D eigenvalue weighted by Crippen LogP contribution is 2.66. The molecule has 0 aromatic heterocycles. The van der Waals surface area contributed by atoms with Gasteiger partial charge in [0.25, 0.3) is 0 Å². The van der Waals surface area contributed by atoms with Gasteiger partial charge in [-0.25, -0.2) is 0 Å². The van der Waals surface area contributed by atoms with E-state index < -0.39 is 28.7 Å². The van der Waals surface area contributed by atoms with E-state index in [1.54, 1.807) is 16.7 Å². The van der Waals surface area contributed by atoms with E-state index in [1.165, 1.54) is 0 Å². The molecule has 186 valence electrons. The molecule has 3 saturated heterocycles. The predicted molar refractivity (Wildman–Crippen MR) is 133 cm³/mol. The maximum absolute atomic E-state index is 14.0. The van der Waals surface area contributed by atoms with Crippen LogP contribution in [0.15, 0.2) is 30.3 Å². The maximum atomic E-state index is 14.0. The smallest absolute Gasteiger partial charge is 0.244 e. The summed E-state index contributed by atoms with van der Waals surface area (Å²) in [6.45, 7) is 4.99. The van der Waals surface area contributed by atoms with Crippen molar-refractivity contribution in [1.82, 2.24) is 15.5 Å². The number of amides is 3. The Kier molecular flexibility index (Phi) is 7.87. The zero-order chi connectivity index (χ0) is 24.3. The number of likely N-dealkylation sites (tertiary alicyclic amines) is 1. The van der Waals surface area contributed by atoms with Crippen LogP contribution in [-0.4, -0.2) is 69.5 Å². The Hall–Kier alpha value is -2.06. The number of hydrogen-bond donors (Lipinski definition) is 3. The first kappa shape index (κ1) is 25.0. The molecule has 1 aromatic rings. The first-order valence-corrected chi connectivity index (χ1v) is 13.6. The van der Waals surface area contributed by atoms with E-state index in [4.69, 9.17) is 0 Å². The number of nitrogens with zero attached hydrogens (tertiary/aromatic N) is 1. The molecule has 2 unspecified atom stereocenters. The minimum absolute atomic E-state index is 0.0561. The largest absolute Gasteiger partial charge is 0.394 e. The first-order chi connectivity index (χ1) is 16.5. The summed E-state index contributed by atoms with van der Waals surface area (Å²) in [5.74, 6) is -1.34. The number of rotatable bonds is 11. The second kappa shape index (κ2) is 10.7. The van der Waals surface area contributed by atoms with Gasteiger partial charge in [0.2, 0.25) is 17.7 Å². The molecule has 3 N–H and O–H groups in total. The minimum atomic E-state index is -0.679. The Morgan fingerprint density at radius 3 is 2.56 bits per heavy atom. The third-order valence-corrected chi connectivity index (χ3v) is 9.54. The lowest BCUT2D eigenvalue weighted by molar-refractivity contribution is -0.142. The Labute approximate surface area is 206 Å². The number of fused-ring (bicyclic) bond motifs is 1. The van der Waals surface area contributed by atoms with Crippen molar-refractivity contribution in [2.75, 3.05) is 19.7 Å². The highest BCUT2D eigenvalue weighted by Gasteiger charge is 2.74. The molecule has 1 spiro atoms. The summed E-state index contributed by atoms with van der Waals surface area (Å²) in [7, 11) is 0. The summed E-state index contributed by atoms with van der Waals surface area (Å²) in [4.78, 5) is 42.5. The fraction of sp³-hybridized carbons (Fsp3) is 0.654. The van der Waals surface area contributed by atoms with Crippen LogP contribution < -0.4 is 10.6 Å². The van der Waals surface area contributed by atoms with E-state index >= 15 is 0 Å². The Morgan fingerprint density at radius 2 is 1.88 bits per heavy atom. The summed E-state index contributed by atoms with van der Waals surface area (Å²) in [5, 5.41) is 16.5. The van der Waals surface area contributed by atoms with Gasteiger partial charge < -0.3 is 20.6 Å². The fourth-order valence-corrected chi connectivity index (χ4v) is 8.28. The van der Waals surface area contributed by atoms with E-state index in [1.807, 2.05) is 37.3 Å². The van der Waals surface area contributed by atoms with Gasteiger partial charge in [-0.15, -0.1) is 11.8 Å². The van der Waals surface area contributed by atoms with Crippen molar-refractivity contribution in [3.63, 3.8) is 0 Å². The van der Waals surface area contributed by atoms with E-state index in [9.17, 15) is 19.5 Å². The molecule has 4 rings (SSSR count). The van der Waals surface area contributed by atoms with Crippen LogP contribution in [-0.2, 0) is 20.8 Å². The number of carbonyl (C=O) groups excluding carboxylic acids is 3. The number of unbranched alkanes of at least 4 members (excludes halogenated alkanes) is 1. The molecule has 0 saturated carbocycles. The van der Waals surface area contributed by atoms with Gasteiger partial charge in [-0.1, -0.05) is 50.6 Å². The quantitative estimate of drug-likeness (QED) is 0.416. The van der Waals surface area contributed by atoms with Crippen LogP contribution in [0.4, 0.5) is 0 Å². The number of aliphatic hydroxyl groups is 1. The van der Waals surface area contributed by atoms with Crippen molar-refractivity contribution in [3.05, 3.63) is 35.9 Å². The summed E-state index contributed by atoms with van der Waals surface area (Å²) < 4.78 is -0.615. The van der Waals surface area contributed by atoms with Crippen LogP contribution >= 0.6 is 11.8 Å². The molecule has 0 aliphatic carbocycles. The first-order valence-electron chi connectivity index (χ1n) is 12.7. The van der Waals surface area contributed by atoms with Crippen molar-refractivity contribution in [2.45, 2.75) is 74.5 Å². The second-order valence-corrected chi connectivity index (χ2v) is 11.4. The van der Waals surface area contributed by atoms with Crippen molar-refractivity contribution in [3.8, 4) is 0 Å². The van der Waals surface area contributed by atoms with Crippen molar-refractivity contribution in [1.29, 1.82) is 0 Å². The summed E-state index contributed by atoms with van der Waals surface area (Å²) in [6, 6.07) is 8.55. The topological polar surface area (TPSA) is 98.7 Å². The molecule has 34 heavy (non-hydrogen) atoms. The summed E-state index contributed by atoms with van der Waals surface area (Å²) in [6.07, 6.45) is 4.69. The SMILES string of the molecule is CCCCNC(=O)C1N([C@@H](CO)Cc2ccccc2)C(=O)[C@@H]2[C@@H](C(=O)NCCC)[C@H]3CCC12S3. The minimum Gasteiger partial charge on any atom is -0.394 e. The highest BCUT2D eigenvalue weighted by molar-refractivity contribution is 8.02. The third-order valence-electron chi connectivity index (χ3n) is 7.59. The Bertz CT molecular complexity index is 897. The molecule has 7 nitrogen and oxygen atoms in total. The molecule has 3 fully saturated rings. The maximum Gasteiger partial charge on any atom is 0.244 e. The molecule has 3 amide bonds. The lowest BCUT2D eigenvalue weighted by Crippen LogP contribution is -2.57. The van der Waals surface area contributed by atoms with Gasteiger partial charge in [0.05, 0.1) is 29.2 Å². The average Bonchev–Trinajstić information content (AvgIpc) is 3.49. The number of carbonyl (C=O) groups is 3. The molecule has 3 aliphatic rings. The zero-order valence-corrected chi connectivity index (χ0v) is 21.0. The number of benzene rings is 1. The zero-order valence-electron chi connectivity index (χ0n) is 20.2. The van der Waals surface area contributed by atoms with E-state index in [0.29, 0.717) is 19.5 Å². The fourth-order valence-electron chi connectivity index (χ4n) is 6.07. The summed E-state index contributed by atoms with van der Waals surface area (Å²) >= 11 is 1.67. The monoisotopic (exact) mass is 487 g/mol. The lowest BCUT2D eigenvalue weighted by atomic mass is 9.70. The number of hydrogen-bond acceptors (Lipinski definition) is 5. The molecule has 2 bridgehead atoms. The van der Waals surface area contributed by atoms with Crippen molar-refractivity contribution >= 4 is 29.5 Å². The van der Waals surface area contributed by atoms with Crippen LogP contribution in [0.5, 0.6) is 0 Å². The predicted octanol–water partition coefficient (Wildman–Crippen LogP) is 2.12. The average molecular weight is 488 g/mol. The molecule has 8 heteroatoms. The van der Waals surface area contributed by atoms with Crippen molar-refractivity contribution in [2.24, 2.45) is 11.8 Å². The highest BCUT2D eigenvalue weighted by atomic mass is 32.2. The molecule has 1 aromatic carbocycles. The van der Waals surface area contributed by atoms with Crippen LogP contribution in [0.3, 0.4) is 0 Å². The Balaban J connectivity index is 1.68. The summed E-state index contributed by atoms with van der Waals surface area (Å²) in [5.41, 5.74) is 1.00. The Morgan fingerprint density at radius 1 is 1.15 bits per heavy atom. The molecule has 6 atom stereocenters. The van der Waals surface area contributed by atoms with Gasteiger partial charge >= 0.3 is 0 Å². The molecule has 3 heterocycles. The number of aliphatic hydroxyl groups excluding tert-OH is 1. The molecular formula is C26H37N3O4S. The molecule has 0 radical (unpaired) electrons. The van der Waals surface area contributed by atoms with Crippen LogP contribution in [0.1, 0.15) is 51.5 Å². The van der Waals surface area contributed by atoms with E-state index in [2.05, 4.69) is 17.6 Å². The third kappa shape index (κ3) is 4.35. The number of nitrogens with one attached hydrogen (secondary N) is 2. The van der Waals surface area contributed by atoms with Gasteiger partial charge in [-0.3, -0.25) is 14.4 Å². The lowest BCUT2D eigenvalue weighted by Gasteiger charge is -2.37. The van der Waals surface area contributed by atoms with Gasteiger partial charge in [-0.05, 0) is 37.7 Å². The van der Waals surface area contributed by atoms with Gasteiger partial charge in [0, 0.05) is 18.3 Å². The van der Waals surface area contributed by atoms with Crippen LogP contribution in [0, 0.1) is 11.8 Å². The van der Waals surface area contributed by atoms with E-state index in [0.717, 1.165) is 37.7 Å². The normalized spacial score (nSPS) is 30.3. The van der Waals surface area contributed by atoms with Crippen LogP contribution in [0.2, 0.25) is 0 Å². The van der Waals surface area contributed by atoms with E-state index in [-0.39, 0.29) is 29.6 Å². The van der Waals surface area contributed by atoms with Gasteiger partial charge in [0.15, 0.2) is 0 Å². The second-order valence-electron chi connectivity index (χ2n) is 9.76. The molecule has 3 aliphatic heterocycles. The van der Waals surface area contributed by atoms with Crippen molar-refractivity contribution < 1.29 is 19.5 Å².